The third-order valence-electron chi connectivity index (χ3n) is 6.92. The first kappa shape index (κ1) is 18.3. The van der Waals surface area contributed by atoms with Gasteiger partial charge >= 0.3 is 0 Å². The second kappa shape index (κ2) is 6.96. The second-order valence-corrected chi connectivity index (χ2v) is 9.77. The van der Waals surface area contributed by atoms with Gasteiger partial charge in [-0.05, 0) is 61.6 Å². The molecule has 5 rings (SSSR count). The van der Waals surface area contributed by atoms with Gasteiger partial charge in [-0.1, -0.05) is 41.9 Å². The number of rotatable bonds is 3. The Hall–Kier alpha value is -1.72. The molecule has 4 nitrogen and oxygen atoms in total. The van der Waals surface area contributed by atoms with E-state index in [1.54, 1.807) is 16.7 Å². The van der Waals surface area contributed by atoms with Crippen LogP contribution in [0.3, 0.4) is 0 Å². The molecule has 1 aromatic carbocycles. The first-order valence-electron chi connectivity index (χ1n) is 10.0. The number of nitrogens with zero attached hydrogens (tertiary/aromatic N) is 1. The van der Waals surface area contributed by atoms with E-state index >= 15 is 0 Å². The Kier molecular flexibility index (Phi) is 4.55. The van der Waals surface area contributed by atoms with Crippen LogP contribution in [0, 0.1) is 23.2 Å². The van der Waals surface area contributed by atoms with Gasteiger partial charge in [0.15, 0.2) is 0 Å². The van der Waals surface area contributed by atoms with E-state index in [0.717, 1.165) is 33.7 Å². The summed E-state index contributed by atoms with van der Waals surface area (Å²) in [5.41, 5.74) is 2.87. The minimum absolute atomic E-state index is 0.0742. The molecular weight excluding hydrogens is 390 g/mol. The number of hydrogen-bond donors (Lipinski definition) is 2. The van der Waals surface area contributed by atoms with Crippen molar-refractivity contribution in [3.63, 3.8) is 0 Å². The lowest BCUT2D eigenvalue weighted by molar-refractivity contribution is -0.127. The summed E-state index contributed by atoms with van der Waals surface area (Å²) in [7, 11) is 0. The number of carbonyl (C=O) groups is 1. The molecule has 4 atom stereocenters. The summed E-state index contributed by atoms with van der Waals surface area (Å²) >= 11 is 7.55. The van der Waals surface area contributed by atoms with E-state index in [9.17, 15) is 4.79 Å². The maximum absolute atomic E-state index is 12.8. The predicted octanol–water partition coefficient (Wildman–Crippen LogP) is 5.22. The quantitative estimate of drug-likeness (QED) is 0.714. The maximum atomic E-state index is 12.8. The molecule has 0 radical (unpaired) electrons. The van der Waals surface area contributed by atoms with Crippen molar-refractivity contribution in [3.05, 3.63) is 50.9 Å². The average molecular weight is 414 g/mol. The van der Waals surface area contributed by atoms with Gasteiger partial charge in [0.1, 0.15) is 5.84 Å². The molecule has 3 fully saturated rings. The van der Waals surface area contributed by atoms with Gasteiger partial charge in [0, 0.05) is 22.0 Å². The molecule has 0 spiro atoms. The average Bonchev–Trinajstić information content (AvgIpc) is 3.46. The van der Waals surface area contributed by atoms with Crippen molar-refractivity contribution >= 4 is 40.8 Å². The number of likely N-dealkylation sites (tertiary alicyclic amines) is 1. The Morgan fingerprint density at radius 2 is 2.04 bits per heavy atom. The fourth-order valence-corrected chi connectivity index (χ4v) is 6.54. The first-order valence-corrected chi connectivity index (χ1v) is 11.3. The number of thioether (sulfide) groups is 1. The fraction of sp³-hybridized carbons (Fsp3) is 0.455. The highest BCUT2D eigenvalue weighted by Gasteiger charge is 2.47. The van der Waals surface area contributed by atoms with Crippen LogP contribution in [0.4, 0.5) is 0 Å². The number of halogens is 1. The van der Waals surface area contributed by atoms with E-state index in [2.05, 4.69) is 12.2 Å². The summed E-state index contributed by atoms with van der Waals surface area (Å²) in [4.78, 5) is 14.6. The zero-order chi connectivity index (χ0) is 19.4. The van der Waals surface area contributed by atoms with Gasteiger partial charge in [-0.3, -0.25) is 15.1 Å². The van der Waals surface area contributed by atoms with Crippen LogP contribution >= 0.6 is 23.4 Å². The van der Waals surface area contributed by atoms with Gasteiger partial charge < -0.3 is 5.32 Å². The molecule has 2 aliphatic carbocycles. The van der Waals surface area contributed by atoms with Gasteiger partial charge in [-0.25, -0.2) is 0 Å². The van der Waals surface area contributed by atoms with E-state index in [1.807, 2.05) is 29.7 Å². The molecule has 4 unspecified atom stereocenters. The number of nitrogens with one attached hydrogen (secondary N) is 2. The molecule has 6 heteroatoms. The number of amidine groups is 1. The summed E-state index contributed by atoms with van der Waals surface area (Å²) < 4.78 is 0. The number of benzene rings is 1. The molecule has 146 valence electrons. The van der Waals surface area contributed by atoms with Crippen molar-refractivity contribution < 1.29 is 4.79 Å². The molecule has 1 aromatic rings. The monoisotopic (exact) mass is 413 g/mol. The van der Waals surface area contributed by atoms with E-state index in [-0.39, 0.29) is 11.9 Å². The van der Waals surface area contributed by atoms with Crippen LogP contribution in [0.25, 0.3) is 5.70 Å². The highest BCUT2D eigenvalue weighted by Crippen LogP contribution is 2.51. The summed E-state index contributed by atoms with van der Waals surface area (Å²) in [6, 6.07) is 7.82. The molecule has 2 aliphatic heterocycles. The minimum atomic E-state index is 0.0742. The largest absolute Gasteiger partial charge is 0.349 e. The minimum Gasteiger partial charge on any atom is -0.349 e. The van der Waals surface area contributed by atoms with Crippen LogP contribution < -0.4 is 5.32 Å². The molecule has 4 aliphatic rings. The maximum Gasteiger partial charge on any atom is 0.233 e. The Bertz CT molecular complexity index is 907. The zero-order valence-electron chi connectivity index (χ0n) is 15.9. The summed E-state index contributed by atoms with van der Waals surface area (Å²) in [6.07, 6.45) is 5.53. The normalized spacial score (nSPS) is 32.9. The number of carbonyl (C=O) groups excluding carboxylic acids is 1. The van der Waals surface area contributed by atoms with Gasteiger partial charge in [-0.2, -0.15) is 0 Å². The van der Waals surface area contributed by atoms with Crippen molar-refractivity contribution in [1.82, 2.24) is 10.2 Å². The van der Waals surface area contributed by atoms with Crippen LogP contribution in [0.2, 0.25) is 5.02 Å². The Morgan fingerprint density at radius 3 is 2.71 bits per heavy atom. The van der Waals surface area contributed by atoms with Crippen molar-refractivity contribution in [2.24, 2.45) is 17.8 Å². The zero-order valence-corrected chi connectivity index (χ0v) is 17.4. The van der Waals surface area contributed by atoms with Gasteiger partial charge in [0.05, 0.1) is 17.1 Å². The van der Waals surface area contributed by atoms with Gasteiger partial charge in [0.25, 0.3) is 0 Å². The molecule has 2 heterocycles. The lowest BCUT2D eigenvalue weighted by Gasteiger charge is -2.34. The van der Waals surface area contributed by atoms with Crippen molar-refractivity contribution in [1.29, 1.82) is 5.41 Å². The topological polar surface area (TPSA) is 56.2 Å². The second-order valence-electron chi connectivity index (χ2n) is 8.46. The van der Waals surface area contributed by atoms with Gasteiger partial charge in [0.2, 0.25) is 5.91 Å². The van der Waals surface area contributed by atoms with Crippen molar-refractivity contribution in [2.75, 3.05) is 0 Å². The van der Waals surface area contributed by atoms with Gasteiger partial charge in [-0.15, -0.1) is 0 Å². The van der Waals surface area contributed by atoms with Crippen LogP contribution in [-0.4, -0.2) is 22.7 Å². The van der Waals surface area contributed by atoms with E-state index < -0.39 is 0 Å². The lowest BCUT2D eigenvalue weighted by atomic mass is 9.83. The first-order chi connectivity index (χ1) is 13.5. The Labute approximate surface area is 174 Å². The number of fused-ring (bicyclic) bond motifs is 2. The van der Waals surface area contributed by atoms with Crippen molar-refractivity contribution in [2.45, 2.75) is 45.1 Å². The molecule has 1 saturated heterocycles. The molecule has 1 amide bonds. The lowest BCUT2D eigenvalue weighted by Crippen LogP contribution is -2.43. The molecule has 2 bridgehead atoms. The highest BCUT2D eigenvalue weighted by molar-refractivity contribution is 8.06. The SMILES string of the molecule is CC(C1CC2CCC1C2)N1C(=N)C(=C2NC(c3ccc(Cl)cc3)=CS2)CC1=O. The summed E-state index contributed by atoms with van der Waals surface area (Å²) in [5, 5.41) is 15.8. The fourth-order valence-electron chi connectivity index (χ4n) is 5.50. The Morgan fingerprint density at radius 1 is 1.25 bits per heavy atom. The third kappa shape index (κ3) is 3.00. The Balaban J connectivity index is 1.34. The van der Waals surface area contributed by atoms with Crippen LogP contribution in [0.5, 0.6) is 0 Å². The van der Waals surface area contributed by atoms with E-state index in [4.69, 9.17) is 17.0 Å². The molecule has 2 saturated carbocycles. The highest BCUT2D eigenvalue weighted by atomic mass is 35.5. The molecule has 2 N–H and O–H groups in total. The van der Waals surface area contributed by atoms with Crippen LogP contribution in [0.15, 0.2) is 40.3 Å². The smallest absolute Gasteiger partial charge is 0.233 e. The predicted molar refractivity (Wildman–Crippen MR) is 115 cm³/mol. The molecule has 0 aromatic heterocycles. The van der Waals surface area contributed by atoms with Crippen molar-refractivity contribution in [3.8, 4) is 0 Å². The standard InChI is InChI=1S/C22H24ClN3OS/c1-12(17-9-13-2-3-15(17)8-13)26-20(27)10-18(21(26)24)22-25-19(11-28-22)14-4-6-16(23)7-5-14/h4-7,11-13,15,17,24-25H,2-3,8-10H2,1H3. The summed E-state index contributed by atoms with van der Waals surface area (Å²) in [6.45, 7) is 2.15. The summed E-state index contributed by atoms with van der Waals surface area (Å²) in [5.74, 6) is 2.61. The molecule has 28 heavy (non-hydrogen) atoms. The van der Waals surface area contributed by atoms with E-state index in [0.29, 0.717) is 23.2 Å². The third-order valence-corrected chi connectivity index (χ3v) is 8.10. The number of amides is 1. The number of hydrogen-bond acceptors (Lipinski definition) is 4. The van der Waals surface area contributed by atoms with E-state index in [1.165, 1.54) is 25.7 Å². The van der Waals surface area contributed by atoms with Crippen LogP contribution in [0.1, 0.15) is 44.6 Å². The van der Waals surface area contributed by atoms with Crippen LogP contribution in [-0.2, 0) is 4.79 Å². The molecular formula is C22H24ClN3OS.